The van der Waals surface area contributed by atoms with Gasteiger partial charge in [-0.1, -0.05) is 85.9 Å². The maximum atomic E-state index is 13.4. The highest BCUT2D eigenvalue weighted by Gasteiger charge is 2.32. The van der Waals surface area contributed by atoms with E-state index in [-0.39, 0.29) is 5.91 Å². The third kappa shape index (κ3) is 5.74. The van der Waals surface area contributed by atoms with Crippen molar-refractivity contribution in [1.82, 2.24) is 14.7 Å². The van der Waals surface area contributed by atoms with Crippen molar-refractivity contribution in [3.05, 3.63) is 107 Å². The Morgan fingerprint density at radius 1 is 1.03 bits per heavy atom. The second kappa shape index (κ2) is 11.8. The second-order valence-corrected chi connectivity index (χ2v) is 10.8. The van der Waals surface area contributed by atoms with E-state index in [1.54, 1.807) is 4.90 Å². The van der Waals surface area contributed by atoms with E-state index in [4.69, 9.17) is 22.1 Å². The van der Waals surface area contributed by atoms with Crippen LogP contribution in [0.25, 0.3) is 23.0 Å². The first-order valence-corrected chi connectivity index (χ1v) is 13.9. The van der Waals surface area contributed by atoms with Crippen LogP contribution in [0.1, 0.15) is 36.5 Å². The lowest BCUT2D eigenvalue weighted by Crippen LogP contribution is -2.27. The molecular weight excluding hydrogens is 510 g/mol. The zero-order valence-electron chi connectivity index (χ0n) is 21.5. The monoisotopic (exact) mass is 539 g/mol. The quantitative estimate of drug-likeness (QED) is 0.126. The average Bonchev–Trinajstić information content (AvgIpc) is 3.47. The van der Waals surface area contributed by atoms with E-state index in [1.807, 2.05) is 96.7 Å². The van der Waals surface area contributed by atoms with Crippen LogP contribution in [0, 0.1) is 6.92 Å². The van der Waals surface area contributed by atoms with Crippen LogP contribution < -0.4 is 4.74 Å². The Balaban J connectivity index is 1.50. The van der Waals surface area contributed by atoms with Gasteiger partial charge in [0.15, 0.2) is 0 Å². The number of thioether (sulfide) groups is 1. The molecule has 7 heteroatoms. The number of aryl methyl sites for hydroxylation is 1. The summed E-state index contributed by atoms with van der Waals surface area (Å²) in [7, 11) is 0. The molecule has 2 heterocycles. The molecule has 38 heavy (non-hydrogen) atoms. The van der Waals surface area contributed by atoms with Crippen LogP contribution in [0.15, 0.2) is 90.0 Å². The Hall–Kier alpha value is -3.68. The van der Waals surface area contributed by atoms with Crippen molar-refractivity contribution in [2.45, 2.75) is 33.2 Å². The van der Waals surface area contributed by atoms with Crippen LogP contribution in [0.2, 0.25) is 0 Å². The van der Waals surface area contributed by atoms with Gasteiger partial charge in [0.05, 0.1) is 23.7 Å². The van der Waals surface area contributed by atoms with Gasteiger partial charge in [0.25, 0.3) is 5.91 Å². The fraction of sp³-hybridized carbons (Fsp3) is 0.194. The van der Waals surface area contributed by atoms with Crippen molar-refractivity contribution in [2.75, 3.05) is 6.61 Å². The summed E-state index contributed by atoms with van der Waals surface area (Å²) < 4.78 is 8.38. The molecule has 5 nitrogen and oxygen atoms in total. The number of nitrogens with zero attached hydrogens (tertiary/aromatic N) is 3. The minimum atomic E-state index is -0.0851. The molecule has 0 unspecified atom stereocenters. The van der Waals surface area contributed by atoms with Gasteiger partial charge in [-0.2, -0.15) is 5.10 Å². The first-order valence-electron chi connectivity index (χ1n) is 12.7. The summed E-state index contributed by atoms with van der Waals surface area (Å²) in [5.41, 5.74) is 5.65. The predicted octanol–water partition coefficient (Wildman–Crippen LogP) is 7.43. The van der Waals surface area contributed by atoms with Crippen LogP contribution in [-0.2, 0) is 11.3 Å². The molecule has 3 aromatic carbocycles. The van der Waals surface area contributed by atoms with E-state index < -0.39 is 0 Å². The molecule has 1 saturated heterocycles. The van der Waals surface area contributed by atoms with Gasteiger partial charge in [-0.15, -0.1) is 0 Å². The minimum Gasteiger partial charge on any atom is -0.493 e. The fourth-order valence-corrected chi connectivity index (χ4v) is 5.50. The average molecular weight is 540 g/mol. The maximum absolute atomic E-state index is 13.4. The number of aromatic nitrogens is 2. The third-order valence-electron chi connectivity index (χ3n) is 6.31. The largest absolute Gasteiger partial charge is 0.493 e. The molecule has 0 aliphatic carbocycles. The number of para-hydroxylation sites is 1. The molecular formula is C31H29N3O2S2. The van der Waals surface area contributed by atoms with E-state index in [0.29, 0.717) is 22.4 Å². The van der Waals surface area contributed by atoms with Crippen molar-refractivity contribution < 1.29 is 9.53 Å². The Morgan fingerprint density at radius 2 is 1.76 bits per heavy atom. The van der Waals surface area contributed by atoms with E-state index >= 15 is 0 Å². The summed E-state index contributed by atoms with van der Waals surface area (Å²) in [6.45, 7) is 5.36. The highest BCUT2D eigenvalue weighted by atomic mass is 32.2. The number of rotatable bonds is 9. The molecule has 0 bridgehead atoms. The molecule has 192 valence electrons. The lowest BCUT2D eigenvalue weighted by Gasteiger charge is -2.14. The standard InChI is InChI=1S/C31H29N3O2S2/c1-3-4-17-36-27-16-15-24(18-22(27)2)29-25(21-34(32-29)26-13-9-6-10-14-26)19-28-30(35)33(31(37)38-28)20-23-11-7-5-8-12-23/h5-16,18-19,21H,3-4,17,20H2,1-2H3. The third-order valence-corrected chi connectivity index (χ3v) is 7.69. The van der Waals surface area contributed by atoms with Crippen molar-refractivity contribution in [3.63, 3.8) is 0 Å². The minimum absolute atomic E-state index is 0.0851. The molecule has 1 fully saturated rings. The molecule has 0 atom stereocenters. The summed E-state index contributed by atoms with van der Waals surface area (Å²) in [6.07, 6.45) is 5.99. The SMILES string of the molecule is CCCCOc1ccc(-c2nn(-c3ccccc3)cc2C=C2SC(=S)N(Cc3ccccc3)C2=O)cc1C. The molecule has 1 aliphatic heterocycles. The number of amides is 1. The number of ether oxygens (including phenoxy) is 1. The highest BCUT2D eigenvalue weighted by Crippen LogP contribution is 2.36. The Morgan fingerprint density at radius 3 is 2.47 bits per heavy atom. The first kappa shape index (κ1) is 25.9. The number of hydrogen-bond donors (Lipinski definition) is 0. The van der Waals surface area contributed by atoms with Gasteiger partial charge in [0.2, 0.25) is 0 Å². The van der Waals surface area contributed by atoms with E-state index in [9.17, 15) is 4.79 Å². The van der Waals surface area contributed by atoms with Crippen molar-refractivity contribution in [2.24, 2.45) is 0 Å². The molecule has 5 rings (SSSR count). The van der Waals surface area contributed by atoms with Crippen molar-refractivity contribution in [1.29, 1.82) is 0 Å². The number of hydrogen-bond acceptors (Lipinski definition) is 5. The van der Waals surface area contributed by atoms with E-state index in [0.717, 1.165) is 52.2 Å². The molecule has 4 aromatic rings. The van der Waals surface area contributed by atoms with E-state index in [1.165, 1.54) is 11.8 Å². The first-order chi connectivity index (χ1) is 18.5. The van der Waals surface area contributed by atoms with Crippen LogP contribution in [0.5, 0.6) is 5.75 Å². The second-order valence-electron chi connectivity index (χ2n) is 9.15. The summed E-state index contributed by atoms with van der Waals surface area (Å²) in [5, 5.41) is 4.93. The highest BCUT2D eigenvalue weighted by molar-refractivity contribution is 8.26. The number of carbonyl (C=O) groups is 1. The van der Waals surface area contributed by atoms with Crippen LogP contribution >= 0.6 is 24.0 Å². The summed E-state index contributed by atoms with van der Waals surface area (Å²) in [6, 6.07) is 26.0. The van der Waals surface area contributed by atoms with Crippen LogP contribution in [-0.4, -0.2) is 31.5 Å². The van der Waals surface area contributed by atoms with Crippen LogP contribution in [0.4, 0.5) is 0 Å². The lowest BCUT2D eigenvalue weighted by molar-refractivity contribution is -0.122. The van der Waals surface area contributed by atoms with Crippen molar-refractivity contribution >= 4 is 40.3 Å². The van der Waals surface area contributed by atoms with Crippen molar-refractivity contribution in [3.8, 4) is 22.7 Å². The Bertz CT molecular complexity index is 1480. The molecule has 0 saturated carbocycles. The van der Waals surface area contributed by atoms with Gasteiger partial charge in [-0.3, -0.25) is 9.69 Å². The molecule has 1 amide bonds. The molecule has 1 aliphatic rings. The summed E-state index contributed by atoms with van der Waals surface area (Å²) in [4.78, 5) is 15.6. The van der Waals surface area contributed by atoms with Gasteiger partial charge in [-0.25, -0.2) is 4.68 Å². The Kier molecular flexibility index (Phi) is 8.05. The normalized spacial score (nSPS) is 14.5. The number of benzene rings is 3. The fourth-order valence-electron chi connectivity index (χ4n) is 4.26. The number of thiocarbonyl (C=S) groups is 1. The molecule has 0 spiro atoms. The molecule has 1 aromatic heterocycles. The maximum Gasteiger partial charge on any atom is 0.266 e. The van der Waals surface area contributed by atoms with Gasteiger partial charge < -0.3 is 4.74 Å². The zero-order valence-corrected chi connectivity index (χ0v) is 23.1. The lowest BCUT2D eigenvalue weighted by atomic mass is 10.0. The van der Waals surface area contributed by atoms with Crippen LogP contribution in [0.3, 0.4) is 0 Å². The Labute approximate surface area is 233 Å². The summed E-state index contributed by atoms with van der Waals surface area (Å²) in [5.74, 6) is 0.797. The van der Waals surface area contributed by atoms with Gasteiger partial charge in [0, 0.05) is 17.3 Å². The number of unbranched alkanes of at least 4 members (excludes halogenated alkanes) is 1. The molecule has 0 radical (unpaired) electrons. The molecule has 0 N–H and O–H groups in total. The number of carbonyl (C=O) groups excluding carboxylic acids is 1. The van der Waals surface area contributed by atoms with Gasteiger partial charge in [0.1, 0.15) is 15.8 Å². The van der Waals surface area contributed by atoms with Gasteiger partial charge in [-0.05, 0) is 60.9 Å². The van der Waals surface area contributed by atoms with Gasteiger partial charge >= 0.3 is 0 Å². The topological polar surface area (TPSA) is 47.4 Å². The van der Waals surface area contributed by atoms with E-state index in [2.05, 4.69) is 13.0 Å². The predicted molar refractivity (Wildman–Crippen MR) is 159 cm³/mol. The smallest absolute Gasteiger partial charge is 0.266 e. The summed E-state index contributed by atoms with van der Waals surface area (Å²) >= 11 is 6.92. The zero-order chi connectivity index (χ0) is 26.5.